The average molecular weight is 229 g/mol. The summed E-state index contributed by atoms with van der Waals surface area (Å²) in [7, 11) is 0. The van der Waals surface area contributed by atoms with Crippen molar-refractivity contribution >= 4 is 5.97 Å². The summed E-state index contributed by atoms with van der Waals surface area (Å²) in [4.78, 5) is 11.9. The van der Waals surface area contributed by atoms with Gasteiger partial charge >= 0.3 is 5.97 Å². The molecule has 0 aliphatic carbocycles. The zero-order chi connectivity index (χ0) is 11.6. The van der Waals surface area contributed by atoms with Crippen molar-refractivity contribution < 1.29 is 19.0 Å². The van der Waals surface area contributed by atoms with Crippen LogP contribution in [-0.4, -0.2) is 45.0 Å². The van der Waals surface area contributed by atoms with Gasteiger partial charge < -0.3 is 19.9 Å². The molecule has 0 radical (unpaired) electrons. The van der Waals surface area contributed by atoms with Crippen LogP contribution in [0.3, 0.4) is 0 Å². The molecular formula is C11H19NO4. The Hall–Kier alpha value is -0.650. The summed E-state index contributed by atoms with van der Waals surface area (Å²) >= 11 is 0. The first-order valence-corrected chi connectivity index (χ1v) is 5.71. The van der Waals surface area contributed by atoms with Gasteiger partial charge in [-0.15, -0.1) is 0 Å². The lowest BCUT2D eigenvalue weighted by Crippen LogP contribution is -2.45. The zero-order valence-electron chi connectivity index (χ0n) is 9.61. The van der Waals surface area contributed by atoms with Crippen molar-refractivity contribution in [2.75, 3.05) is 33.0 Å². The fraction of sp³-hybridized carbons (Fsp3) is 0.909. The molecule has 2 fully saturated rings. The van der Waals surface area contributed by atoms with Crippen molar-refractivity contribution in [3.05, 3.63) is 0 Å². The van der Waals surface area contributed by atoms with Crippen molar-refractivity contribution in [1.29, 1.82) is 0 Å². The van der Waals surface area contributed by atoms with E-state index in [-0.39, 0.29) is 12.0 Å². The maximum Gasteiger partial charge on any atom is 0.315 e. The number of carbonyl (C=O) groups excluding carboxylic acids is 1. The van der Waals surface area contributed by atoms with Gasteiger partial charge in [-0.3, -0.25) is 4.79 Å². The summed E-state index contributed by atoms with van der Waals surface area (Å²) in [6.07, 6.45) is 0.965. The first-order valence-electron chi connectivity index (χ1n) is 5.71. The van der Waals surface area contributed by atoms with Gasteiger partial charge in [0.15, 0.2) is 0 Å². The summed E-state index contributed by atoms with van der Waals surface area (Å²) in [5.41, 5.74) is 5.17. The maximum atomic E-state index is 11.9. The van der Waals surface area contributed by atoms with E-state index in [1.807, 2.05) is 0 Å². The van der Waals surface area contributed by atoms with Gasteiger partial charge in [0.05, 0.1) is 26.4 Å². The molecule has 2 rings (SSSR count). The highest BCUT2D eigenvalue weighted by molar-refractivity contribution is 5.78. The van der Waals surface area contributed by atoms with Crippen molar-refractivity contribution in [3.8, 4) is 0 Å². The Kier molecular flexibility index (Phi) is 3.47. The molecular weight excluding hydrogens is 210 g/mol. The zero-order valence-corrected chi connectivity index (χ0v) is 9.61. The molecule has 16 heavy (non-hydrogen) atoms. The molecule has 5 nitrogen and oxygen atoms in total. The predicted octanol–water partition coefficient (Wildman–Crippen LogP) is -0.0701. The van der Waals surface area contributed by atoms with Crippen LogP contribution in [0.1, 0.15) is 13.3 Å². The number of rotatable bonds is 3. The third-order valence-corrected chi connectivity index (χ3v) is 3.46. The molecule has 92 valence electrons. The molecule has 2 N–H and O–H groups in total. The lowest BCUT2D eigenvalue weighted by molar-refractivity contribution is -0.156. The van der Waals surface area contributed by atoms with Gasteiger partial charge in [0.25, 0.3) is 0 Å². The Morgan fingerprint density at radius 2 is 2.31 bits per heavy atom. The van der Waals surface area contributed by atoms with Crippen LogP contribution >= 0.6 is 0 Å². The minimum atomic E-state index is -0.681. The Morgan fingerprint density at radius 1 is 1.50 bits per heavy atom. The number of hydrogen-bond donors (Lipinski definition) is 1. The molecule has 0 aromatic heterocycles. The van der Waals surface area contributed by atoms with E-state index >= 15 is 0 Å². The summed E-state index contributed by atoms with van der Waals surface area (Å²) in [6.45, 7) is 4.47. The summed E-state index contributed by atoms with van der Waals surface area (Å²) in [5.74, 6) is 0.0931. The Balaban J connectivity index is 1.82. The summed E-state index contributed by atoms with van der Waals surface area (Å²) in [5, 5.41) is 0. The molecule has 2 heterocycles. The van der Waals surface area contributed by atoms with Crippen LogP contribution in [0, 0.1) is 11.3 Å². The molecule has 0 aromatic rings. The number of hydrogen-bond acceptors (Lipinski definition) is 5. The van der Waals surface area contributed by atoms with Gasteiger partial charge in [0, 0.05) is 18.6 Å². The van der Waals surface area contributed by atoms with Gasteiger partial charge in [0.1, 0.15) is 5.41 Å². The van der Waals surface area contributed by atoms with E-state index in [4.69, 9.17) is 19.9 Å². The van der Waals surface area contributed by atoms with Crippen LogP contribution in [0.5, 0.6) is 0 Å². The normalized spacial score (nSPS) is 38.9. The second kappa shape index (κ2) is 4.69. The van der Waals surface area contributed by atoms with Crippen LogP contribution < -0.4 is 5.73 Å². The monoisotopic (exact) mass is 229 g/mol. The number of esters is 1. The van der Waals surface area contributed by atoms with Crippen molar-refractivity contribution in [2.45, 2.75) is 19.4 Å². The molecule has 0 amide bonds. The minimum absolute atomic E-state index is 0.246. The third kappa shape index (κ3) is 2.21. The topological polar surface area (TPSA) is 70.8 Å². The van der Waals surface area contributed by atoms with Crippen LogP contribution in [0.25, 0.3) is 0 Å². The van der Waals surface area contributed by atoms with Crippen LogP contribution in [0.4, 0.5) is 0 Å². The highest BCUT2D eigenvalue weighted by Gasteiger charge is 2.46. The molecule has 2 aliphatic heterocycles. The highest BCUT2D eigenvalue weighted by Crippen LogP contribution is 2.29. The quantitative estimate of drug-likeness (QED) is 0.686. The van der Waals surface area contributed by atoms with Gasteiger partial charge in [-0.1, -0.05) is 0 Å². The molecule has 0 saturated carbocycles. The van der Waals surface area contributed by atoms with E-state index in [1.165, 1.54) is 0 Å². The lowest BCUT2D eigenvalue weighted by atomic mass is 9.86. The van der Waals surface area contributed by atoms with Gasteiger partial charge in [0.2, 0.25) is 0 Å². The largest absolute Gasteiger partial charge is 0.465 e. The summed E-state index contributed by atoms with van der Waals surface area (Å²) < 4.78 is 15.7. The van der Waals surface area contributed by atoms with E-state index in [1.54, 1.807) is 6.92 Å². The molecule has 2 aliphatic rings. The number of carbonyl (C=O) groups is 1. The highest BCUT2D eigenvalue weighted by atomic mass is 16.5. The van der Waals surface area contributed by atoms with E-state index in [0.717, 1.165) is 13.0 Å². The first kappa shape index (κ1) is 11.8. The van der Waals surface area contributed by atoms with E-state index in [0.29, 0.717) is 32.3 Å². The van der Waals surface area contributed by atoms with E-state index in [9.17, 15) is 4.79 Å². The molecule has 0 bridgehead atoms. The lowest BCUT2D eigenvalue weighted by Gasteiger charge is -2.24. The van der Waals surface area contributed by atoms with Crippen molar-refractivity contribution in [3.63, 3.8) is 0 Å². The molecule has 3 unspecified atom stereocenters. The smallest absolute Gasteiger partial charge is 0.315 e. The predicted molar refractivity (Wildman–Crippen MR) is 56.8 cm³/mol. The van der Waals surface area contributed by atoms with Gasteiger partial charge in [-0.25, -0.2) is 0 Å². The second-order valence-corrected chi connectivity index (χ2v) is 4.87. The molecule has 0 aromatic carbocycles. The van der Waals surface area contributed by atoms with Crippen molar-refractivity contribution in [1.82, 2.24) is 0 Å². The second-order valence-electron chi connectivity index (χ2n) is 4.87. The van der Waals surface area contributed by atoms with Crippen molar-refractivity contribution in [2.24, 2.45) is 17.1 Å². The van der Waals surface area contributed by atoms with Crippen LogP contribution in [0.15, 0.2) is 0 Å². The molecule has 0 spiro atoms. The maximum absolute atomic E-state index is 11.9. The summed E-state index contributed by atoms with van der Waals surface area (Å²) in [6, 6.07) is -0.264. The fourth-order valence-corrected chi connectivity index (χ4v) is 1.97. The molecule has 3 atom stereocenters. The fourth-order valence-electron chi connectivity index (χ4n) is 1.97. The SMILES string of the molecule is CC1(C(=O)OCC2CCOC2)COCC1N. The third-order valence-electron chi connectivity index (χ3n) is 3.46. The Labute approximate surface area is 95.2 Å². The number of ether oxygens (including phenoxy) is 3. The van der Waals surface area contributed by atoms with E-state index < -0.39 is 5.41 Å². The number of nitrogens with two attached hydrogens (primary N) is 1. The molecule has 2 saturated heterocycles. The standard InChI is InChI=1S/C11H19NO4/c1-11(7-15-6-9(11)12)10(13)16-5-8-2-3-14-4-8/h8-9H,2-7,12H2,1H3. The Morgan fingerprint density at radius 3 is 2.88 bits per heavy atom. The Bertz CT molecular complexity index is 265. The van der Waals surface area contributed by atoms with Gasteiger partial charge in [-0.2, -0.15) is 0 Å². The average Bonchev–Trinajstić information content (AvgIpc) is 2.87. The van der Waals surface area contributed by atoms with Crippen LogP contribution in [-0.2, 0) is 19.0 Å². The van der Waals surface area contributed by atoms with Crippen LogP contribution in [0.2, 0.25) is 0 Å². The first-order chi connectivity index (χ1) is 7.63. The van der Waals surface area contributed by atoms with Gasteiger partial charge in [-0.05, 0) is 13.3 Å². The minimum Gasteiger partial charge on any atom is -0.465 e. The van der Waals surface area contributed by atoms with E-state index in [2.05, 4.69) is 0 Å². The molecule has 5 heteroatoms.